The molecule has 1 aliphatic heterocycles. The second kappa shape index (κ2) is 7.38. The molecule has 1 saturated heterocycles. The summed E-state index contributed by atoms with van der Waals surface area (Å²) >= 11 is 1.57. The van der Waals surface area contributed by atoms with E-state index >= 15 is 0 Å². The number of carbonyl (C=O) groups is 2. The average Bonchev–Trinajstić information content (AvgIpc) is 3.44. The Morgan fingerprint density at radius 2 is 1.90 bits per heavy atom. The molecule has 1 unspecified atom stereocenters. The van der Waals surface area contributed by atoms with Crippen LogP contribution in [0.5, 0.6) is 0 Å². The quantitative estimate of drug-likeness (QED) is 0.538. The number of nitrogens with one attached hydrogen (secondary N) is 1. The van der Waals surface area contributed by atoms with Gasteiger partial charge in [-0.3, -0.25) is 14.0 Å². The van der Waals surface area contributed by atoms with E-state index in [1.54, 1.807) is 23.5 Å². The summed E-state index contributed by atoms with van der Waals surface area (Å²) in [5.41, 5.74) is 3.09. The van der Waals surface area contributed by atoms with Gasteiger partial charge in [0, 0.05) is 47.7 Å². The molecule has 0 spiro atoms. The van der Waals surface area contributed by atoms with Crippen LogP contribution in [0.4, 0.5) is 15.8 Å². The van der Waals surface area contributed by atoms with Crippen molar-refractivity contribution in [2.24, 2.45) is 5.92 Å². The zero-order valence-electron chi connectivity index (χ0n) is 15.8. The molecule has 5 rings (SSSR count). The highest BCUT2D eigenvalue weighted by Gasteiger charge is 2.35. The van der Waals surface area contributed by atoms with Gasteiger partial charge in [0.2, 0.25) is 11.8 Å². The van der Waals surface area contributed by atoms with Gasteiger partial charge in [-0.05, 0) is 36.4 Å². The highest BCUT2D eigenvalue weighted by Crippen LogP contribution is 2.27. The Bertz CT molecular complexity index is 1200. The van der Waals surface area contributed by atoms with Crippen molar-refractivity contribution < 1.29 is 14.0 Å². The van der Waals surface area contributed by atoms with Gasteiger partial charge in [0.15, 0.2) is 4.96 Å². The van der Waals surface area contributed by atoms with Crippen molar-refractivity contribution in [2.45, 2.75) is 6.42 Å². The van der Waals surface area contributed by atoms with E-state index < -0.39 is 5.92 Å². The Kier molecular flexibility index (Phi) is 4.55. The van der Waals surface area contributed by atoms with Crippen LogP contribution in [0.2, 0.25) is 0 Å². The minimum Gasteiger partial charge on any atom is -0.326 e. The largest absolute Gasteiger partial charge is 0.326 e. The number of carbonyl (C=O) groups excluding carboxylic acids is 2. The molecule has 0 bridgehead atoms. The van der Waals surface area contributed by atoms with E-state index in [4.69, 9.17) is 0 Å². The first-order valence-corrected chi connectivity index (χ1v) is 10.3. The van der Waals surface area contributed by atoms with Crippen molar-refractivity contribution >= 4 is 39.5 Å². The number of rotatable bonds is 4. The number of aromatic nitrogens is 2. The number of amides is 2. The number of fused-ring (bicyclic) bond motifs is 1. The van der Waals surface area contributed by atoms with Crippen molar-refractivity contribution in [3.05, 3.63) is 72.1 Å². The zero-order valence-corrected chi connectivity index (χ0v) is 16.6. The molecule has 2 aromatic carbocycles. The number of benzene rings is 2. The van der Waals surface area contributed by atoms with E-state index in [0.29, 0.717) is 11.4 Å². The summed E-state index contributed by atoms with van der Waals surface area (Å²) in [6, 6.07) is 13.2. The van der Waals surface area contributed by atoms with Crippen LogP contribution >= 0.6 is 11.3 Å². The summed E-state index contributed by atoms with van der Waals surface area (Å²) in [5.74, 6) is -1.17. The lowest BCUT2D eigenvalue weighted by molar-refractivity contribution is -0.122. The molecule has 0 saturated carbocycles. The molecule has 2 amide bonds. The first-order chi connectivity index (χ1) is 14.6. The first kappa shape index (κ1) is 18.5. The third-order valence-corrected chi connectivity index (χ3v) is 5.95. The fraction of sp³-hybridized carbons (Fsp3) is 0.136. The maximum absolute atomic E-state index is 13.1. The lowest BCUT2D eigenvalue weighted by atomic mass is 10.1. The predicted molar refractivity (Wildman–Crippen MR) is 114 cm³/mol. The van der Waals surface area contributed by atoms with Gasteiger partial charge in [-0.2, -0.15) is 0 Å². The van der Waals surface area contributed by atoms with Crippen molar-refractivity contribution in [3.63, 3.8) is 0 Å². The maximum Gasteiger partial charge on any atom is 0.229 e. The minimum absolute atomic E-state index is 0.132. The molecule has 3 heterocycles. The number of anilines is 2. The molecule has 1 fully saturated rings. The zero-order chi connectivity index (χ0) is 20.7. The van der Waals surface area contributed by atoms with Gasteiger partial charge >= 0.3 is 0 Å². The molecule has 0 aliphatic carbocycles. The molecule has 8 heteroatoms. The van der Waals surface area contributed by atoms with Gasteiger partial charge < -0.3 is 10.2 Å². The van der Waals surface area contributed by atoms with Crippen LogP contribution in [0.1, 0.15) is 6.42 Å². The number of thiazole rings is 1. The predicted octanol–water partition coefficient (Wildman–Crippen LogP) is 4.19. The van der Waals surface area contributed by atoms with Crippen molar-refractivity contribution in [1.29, 1.82) is 0 Å². The second-order valence-electron chi connectivity index (χ2n) is 7.17. The number of halogens is 1. The summed E-state index contributed by atoms with van der Waals surface area (Å²) in [7, 11) is 0. The molecule has 0 radical (unpaired) electrons. The van der Waals surface area contributed by atoms with E-state index in [9.17, 15) is 14.0 Å². The van der Waals surface area contributed by atoms with Crippen LogP contribution in [0.3, 0.4) is 0 Å². The number of hydrogen-bond donors (Lipinski definition) is 1. The smallest absolute Gasteiger partial charge is 0.229 e. The third kappa shape index (κ3) is 3.46. The van der Waals surface area contributed by atoms with Gasteiger partial charge in [-0.1, -0.05) is 12.1 Å². The highest BCUT2D eigenvalue weighted by atomic mass is 32.1. The van der Waals surface area contributed by atoms with E-state index in [1.165, 1.54) is 17.0 Å². The van der Waals surface area contributed by atoms with Crippen LogP contribution in [-0.4, -0.2) is 27.7 Å². The van der Waals surface area contributed by atoms with E-state index in [-0.39, 0.29) is 30.6 Å². The molecule has 4 aromatic rings. The lowest BCUT2D eigenvalue weighted by Gasteiger charge is -2.16. The van der Waals surface area contributed by atoms with Gasteiger partial charge in [0.05, 0.1) is 11.6 Å². The van der Waals surface area contributed by atoms with Gasteiger partial charge in [-0.25, -0.2) is 9.37 Å². The first-order valence-electron chi connectivity index (χ1n) is 9.46. The Morgan fingerprint density at radius 1 is 1.13 bits per heavy atom. The molecule has 1 N–H and O–H groups in total. The van der Waals surface area contributed by atoms with Gasteiger partial charge in [0.25, 0.3) is 0 Å². The molecule has 1 atom stereocenters. The van der Waals surface area contributed by atoms with Crippen LogP contribution in [-0.2, 0) is 9.59 Å². The van der Waals surface area contributed by atoms with Crippen molar-refractivity contribution in [3.8, 4) is 11.3 Å². The summed E-state index contributed by atoms with van der Waals surface area (Å²) in [6.45, 7) is 0.278. The fourth-order valence-corrected chi connectivity index (χ4v) is 4.29. The third-order valence-electron chi connectivity index (χ3n) is 5.18. The Labute approximate surface area is 175 Å². The molecule has 6 nitrogen and oxygen atoms in total. The topological polar surface area (TPSA) is 66.7 Å². The van der Waals surface area contributed by atoms with E-state index in [0.717, 1.165) is 16.2 Å². The molecule has 150 valence electrons. The van der Waals surface area contributed by atoms with E-state index in [1.807, 2.05) is 46.4 Å². The number of nitrogens with zero attached hydrogens (tertiary/aromatic N) is 3. The highest BCUT2D eigenvalue weighted by molar-refractivity contribution is 7.15. The fourth-order valence-electron chi connectivity index (χ4n) is 3.59. The van der Waals surface area contributed by atoms with Crippen LogP contribution in [0.15, 0.2) is 66.3 Å². The number of hydrogen-bond acceptors (Lipinski definition) is 4. The van der Waals surface area contributed by atoms with Crippen LogP contribution < -0.4 is 10.2 Å². The van der Waals surface area contributed by atoms with Crippen LogP contribution in [0.25, 0.3) is 16.2 Å². The molecule has 30 heavy (non-hydrogen) atoms. The normalized spacial score (nSPS) is 16.4. The standard InChI is InChI=1S/C22H17FN4O2S/c23-16-3-7-18(8-4-16)27-12-15(11-20(27)28)21(29)24-17-5-1-14(2-6-17)19-13-26-9-10-30-22(26)25-19/h1-10,13,15H,11-12H2,(H,24,29). The monoisotopic (exact) mass is 420 g/mol. The van der Waals surface area contributed by atoms with Crippen molar-refractivity contribution in [1.82, 2.24) is 9.38 Å². The molecular formula is C22H17FN4O2S. The summed E-state index contributed by atoms with van der Waals surface area (Å²) < 4.78 is 15.1. The van der Waals surface area contributed by atoms with Gasteiger partial charge in [0.1, 0.15) is 5.82 Å². The summed E-state index contributed by atoms with van der Waals surface area (Å²) in [6.07, 6.45) is 4.06. The lowest BCUT2D eigenvalue weighted by Crippen LogP contribution is -2.28. The maximum atomic E-state index is 13.1. The summed E-state index contributed by atoms with van der Waals surface area (Å²) in [4.78, 5) is 32.0. The molecule has 2 aromatic heterocycles. The molecular weight excluding hydrogens is 403 g/mol. The average molecular weight is 420 g/mol. The molecule has 1 aliphatic rings. The van der Waals surface area contributed by atoms with E-state index in [2.05, 4.69) is 10.3 Å². The minimum atomic E-state index is -0.456. The van der Waals surface area contributed by atoms with Crippen molar-refractivity contribution in [2.75, 3.05) is 16.8 Å². The number of imidazole rings is 1. The van der Waals surface area contributed by atoms with Crippen LogP contribution in [0, 0.1) is 11.7 Å². The Hall–Kier alpha value is -3.52. The Balaban J connectivity index is 1.25. The van der Waals surface area contributed by atoms with Gasteiger partial charge in [-0.15, -0.1) is 11.3 Å². The Morgan fingerprint density at radius 3 is 2.63 bits per heavy atom. The second-order valence-corrected chi connectivity index (χ2v) is 8.04. The summed E-state index contributed by atoms with van der Waals surface area (Å²) in [5, 5.41) is 4.87. The SMILES string of the molecule is O=C(Nc1ccc(-c2cn3ccsc3n2)cc1)C1CC(=O)N(c2ccc(F)cc2)C1.